The summed E-state index contributed by atoms with van der Waals surface area (Å²) in [5.74, 6) is 0. The van der Waals surface area contributed by atoms with Crippen LogP contribution in [0.25, 0.3) is 11.0 Å². The van der Waals surface area contributed by atoms with Crippen LogP contribution >= 0.6 is 0 Å². The number of fused-ring (bicyclic) bond motifs is 1. The van der Waals surface area contributed by atoms with Crippen molar-refractivity contribution in [3.8, 4) is 0 Å². The first-order valence-electron chi connectivity index (χ1n) is 6.52. The third kappa shape index (κ3) is 2.91. The molecule has 0 aliphatic carbocycles. The number of halogens is 3. The lowest BCUT2D eigenvalue weighted by molar-refractivity contribution is -0.385. The Morgan fingerprint density at radius 1 is 1.16 bits per heavy atom. The van der Waals surface area contributed by atoms with E-state index < -0.39 is 37.3 Å². The van der Waals surface area contributed by atoms with Gasteiger partial charge < -0.3 is 0 Å². The van der Waals surface area contributed by atoms with Gasteiger partial charge in [0.2, 0.25) is 0 Å². The first kappa shape index (κ1) is 16.8. The molecule has 0 N–H and O–H groups in total. The molecule has 130 valence electrons. The van der Waals surface area contributed by atoms with Crippen molar-refractivity contribution >= 4 is 26.7 Å². The Balaban J connectivity index is 2.20. The van der Waals surface area contributed by atoms with Crippen LogP contribution in [0.15, 0.2) is 47.6 Å². The van der Waals surface area contributed by atoms with Crippen molar-refractivity contribution in [1.82, 2.24) is 14.2 Å². The molecule has 12 heteroatoms. The van der Waals surface area contributed by atoms with Crippen molar-refractivity contribution in [2.24, 2.45) is 0 Å². The normalized spacial score (nSPS) is 12.4. The highest BCUT2D eigenvalue weighted by Crippen LogP contribution is 2.31. The van der Waals surface area contributed by atoms with Gasteiger partial charge in [-0.2, -0.15) is 30.8 Å². The molecule has 3 aromatic rings. The summed E-state index contributed by atoms with van der Waals surface area (Å²) in [6.45, 7) is 0. The lowest BCUT2D eigenvalue weighted by atomic mass is 10.2. The zero-order valence-corrected chi connectivity index (χ0v) is 12.8. The van der Waals surface area contributed by atoms with Gasteiger partial charge in [-0.05, 0) is 18.2 Å². The minimum absolute atomic E-state index is 0.0427. The fourth-order valence-corrected chi connectivity index (χ4v) is 3.40. The van der Waals surface area contributed by atoms with Gasteiger partial charge in [0.1, 0.15) is 17.2 Å². The van der Waals surface area contributed by atoms with E-state index in [1.165, 1.54) is 0 Å². The van der Waals surface area contributed by atoms with Gasteiger partial charge >= 0.3 is 6.18 Å². The number of hydrogen-bond acceptors (Lipinski definition) is 6. The number of rotatable bonds is 3. The molecule has 3 rings (SSSR count). The van der Waals surface area contributed by atoms with Crippen LogP contribution in [0.2, 0.25) is 0 Å². The Morgan fingerprint density at radius 3 is 2.52 bits per heavy atom. The minimum Gasteiger partial charge on any atom is -0.258 e. The molecule has 0 atom stereocenters. The van der Waals surface area contributed by atoms with E-state index in [-0.39, 0.29) is 11.0 Å². The average Bonchev–Trinajstić information content (AvgIpc) is 2.98. The molecule has 2 aromatic heterocycles. The standard InChI is InChI=1S/C13H7F3N4O4S/c14-13(15,16)8-2-1-3-10(4-8)25(23,24)19-12-5-9(20(21)22)6-17-11(12)7-18-19/h1-7H. The summed E-state index contributed by atoms with van der Waals surface area (Å²) in [6.07, 6.45) is -2.76. The van der Waals surface area contributed by atoms with Crippen molar-refractivity contribution in [2.75, 3.05) is 0 Å². The van der Waals surface area contributed by atoms with Crippen molar-refractivity contribution in [3.05, 3.63) is 58.4 Å². The first-order chi connectivity index (χ1) is 11.6. The zero-order chi connectivity index (χ0) is 18.4. The first-order valence-corrected chi connectivity index (χ1v) is 7.96. The van der Waals surface area contributed by atoms with Crippen LogP contribution in [0.3, 0.4) is 0 Å². The molecule has 0 saturated carbocycles. The third-order valence-electron chi connectivity index (χ3n) is 3.27. The second kappa shape index (κ2) is 5.51. The predicted octanol–water partition coefficient (Wildman–Crippen LogP) is 2.60. The fourth-order valence-electron chi connectivity index (χ4n) is 2.10. The van der Waals surface area contributed by atoms with Gasteiger partial charge in [0, 0.05) is 6.07 Å². The Morgan fingerprint density at radius 2 is 1.88 bits per heavy atom. The molecule has 0 fully saturated rings. The fraction of sp³-hybridized carbons (Fsp3) is 0.0769. The van der Waals surface area contributed by atoms with E-state index in [0.717, 1.165) is 36.7 Å². The van der Waals surface area contributed by atoms with Crippen molar-refractivity contribution in [3.63, 3.8) is 0 Å². The van der Waals surface area contributed by atoms with Crippen molar-refractivity contribution < 1.29 is 26.5 Å². The summed E-state index contributed by atoms with van der Waals surface area (Å²) < 4.78 is 64.0. The second-order valence-corrected chi connectivity index (χ2v) is 6.64. The molecule has 25 heavy (non-hydrogen) atoms. The quantitative estimate of drug-likeness (QED) is 0.516. The Labute approximate surface area is 137 Å². The van der Waals surface area contributed by atoms with Crippen LogP contribution in [-0.4, -0.2) is 27.5 Å². The van der Waals surface area contributed by atoms with Gasteiger partial charge in [-0.15, -0.1) is 0 Å². The van der Waals surface area contributed by atoms with E-state index in [1.807, 2.05) is 0 Å². The third-order valence-corrected chi connectivity index (χ3v) is 4.87. The summed E-state index contributed by atoms with van der Waals surface area (Å²) in [6, 6.07) is 4.05. The average molecular weight is 372 g/mol. The van der Waals surface area contributed by atoms with Gasteiger partial charge in [-0.25, -0.2) is 4.98 Å². The molecule has 0 unspecified atom stereocenters. The van der Waals surface area contributed by atoms with E-state index in [9.17, 15) is 31.7 Å². The summed E-state index contributed by atoms with van der Waals surface area (Å²) in [4.78, 5) is 13.1. The van der Waals surface area contributed by atoms with Crippen LogP contribution in [0.4, 0.5) is 18.9 Å². The lowest BCUT2D eigenvalue weighted by Gasteiger charge is -2.10. The SMILES string of the molecule is O=[N+]([O-])c1cnc2cnn(S(=O)(=O)c3cccc(C(F)(F)F)c3)c2c1. The molecule has 0 saturated heterocycles. The minimum atomic E-state index is -4.72. The molecule has 0 aliphatic rings. The summed E-state index contributed by atoms with van der Waals surface area (Å²) in [5, 5.41) is 14.4. The topological polar surface area (TPSA) is 108 Å². The van der Waals surface area contributed by atoms with Crippen molar-refractivity contribution in [1.29, 1.82) is 0 Å². The molecule has 1 aromatic carbocycles. The monoisotopic (exact) mass is 372 g/mol. The summed E-state index contributed by atoms with van der Waals surface area (Å²) in [5.41, 5.74) is -1.80. The van der Waals surface area contributed by atoms with E-state index >= 15 is 0 Å². The summed E-state index contributed by atoms with van der Waals surface area (Å²) >= 11 is 0. The molecular formula is C13H7F3N4O4S. The van der Waals surface area contributed by atoms with Crippen LogP contribution in [0.5, 0.6) is 0 Å². The molecular weight excluding hydrogens is 365 g/mol. The Hall–Kier alpha value is -3.02. The number of nitro groups is 1. The van der Waals surface area contributed by atoms with Crippen LogP contribution in [-0.2, 0) is 16.2 Å². The van der Waals surface area contributed by atoms with Gasteiger partial charge in [0.05, 0.1) is 21.6 Å². The van der Waals surface area contributed by atoms with Gasteiger partial charge in [-0.1, -0.05) is 6.07 Å². The maximum atomic E-state index is 12.8. The second-order valence-electron chi connectivity index (χ2n) is 4.87. The molecule has 8 nitrogen and oxygen atoms in total. The molecule has 0 aliphatic heterocycles. The molecule has 0 radical (unpaired) electrons. The number of benzene rings is 1. The maximum absolute atomic E-state index is 12.8. The highest BCUT2D eigenvalue weighted by Gasteiger charge is 2.32. The van der Waals surface area contributed by atoms with E-state index in [2.05, 4.69) is 10.1 Å². The largest absolute Gasteiger partial charge is 0.416 e. The smallest absolute Gasteiger partial charge is 0.258 e. The maximum Gasteiger partial charge on any atom is 0.416 e. The van der Waals surface area contributed by atoms with Gasteiger partial charge in [-0.3, -0.25) is 10.1 Å². The molecule has 2 heterocycles. The number of alkyl halides is 3. The van der Waals surface area contributed by atoms with Crippen LogP contribution in [0.1, 0.15) is 5.56 Å². The number of nitrogens with zero attached hydrogens (tertiary/aromatic N) is 4. The number of pyridine rings is 1. The Bertz CT molecular complexity index is 1090. The van der Waals surface area contributed by atoms with E-state index in [1.54, 1.807) is 0 Å². The molecule has 0 amide bonds. The van der Waals surface area contributed by atoms with Crippen molar-refractivity contribution in [2.45, 2.75) is 11.1 Å². The van der Waals surface area contributed by atoms with Gasteiger partial charge in [0.25, 0.3) is 15.7 Å². The summed E-state index contributed by atoms with van der Waals surface area (Å²) in [7, 11) is -4.50. The van der Waals surface area contributed by atoms with E-state index in [4.69, 9.17) is 0 Å². The van der Waals surface area contributed by atoms with Crippen LogP contribution in [0, 0.1) is 10.1 Å². The highest BCUT2D eigenvalue weighted by atomic mass is 32.2. The lowest BCUT2D eigenvalue weighted by Crippen LogP contribution is -2.16. The number of aromatic nitrogens is 3. The van der Waals surface area contributed by atoms with Crippen LogP contribution < -0.4 is 0 Å². The van der Waals surface area contributed by atoms with E-state index in [0.29, 0.717) is 10.2 Å². The Kier molecular flexibility index (Phi) is 3.71. The number of hydrogen-bond donors (Lipinski definition) is 0. The molecule has 0 spiro atoms. The predicted molar refractivity (Wildman–Crippen MR) is 78.2 cm³/mol. The van der Waals surface area contributed by atoms with Gasteiger partial charge in [0.15, 0.2) is 0 Å². The zero-order valence-electron chi connectivity index (χ0n) is 12.0. The highest BCUT2D eigenvalue weighted by molar-refractivity contribution is 7.90. The molecule has 0 bridgehead atoms.